The van der Waals surface area contributed by atoms with Crippen molar-refractivity contribution in [2.24, 2.45) is 0 Å². The number of rotatable bonds is 2. The van der Waals surface area contributed by atoms with E-state index in [0.29, 0.717) is 6.04 Å². The van der Waals surface area contributed by atoms with Crippen LogP contribution in [0.3, 0.4) is 0 Å². The summed E-state index contributed by atoms with van der Waals surface area (Å²) in [6, 6.07) is 6.74. The van der Waals surface area contributed by atoms with Gasteiger partial charge in [0.05, 0.1) is 11.7 Å². The highest BCUT2D eigenvalue weighted by Gasteiger charge is 2.23. The largest absolute Gasteiger partial charge is 0.489 e. The van der Waals surface area contributed by atoms with Crippen LogP contribution in [0.2, 0.25) is 0 Å². The van der Waals surface area contributed by atoms with Gasteiger partial charge in [-0.2, -0.15) is 0 Å². The summed E-state index contributed by atoms with van der Waals surface area (Å²) in [6.45, 7) is 3.81. The van der Waals surface area contributed by atoms with E-state index in [0.717, 1.165) is 18.9 Å². The Balaban J connectivity index is 2.28. The van der Waals surface area contributed by atoms with Crippen molar-refractivity contribution >= 4 is 5.69 Å². The summed E-state index contributed by atoms with van der Waals surface area (Å²) in [5.74, 6) is 0.996. The number of fused-ring (bicyclic) bond motifs is 1. The second-order valence-electron chi connectivity index (χ2n) is 4.10. The average Bonchev–Trinajstić information content (AvgIpc) is 2.23. The Labute approximate surface area is 91.0 Å². The van der Waals surface area contributed by atoms with Crippen molar-refractivity contribution in [2.45, 2.75) is 13.0 Å². The molecule has 1 atom stereocenters. The molecule has 2 rings (SSSR count). The molecule has 1 aromatic carbocycles. The third kappa shape index (κ3) is 1.92. The van der Waals surface area contributed by atoms with Crippen LogP contribution in [0.4, 0.5) is 5.69 Å². The van der Waals surface area contributed by atoms with Gasteiger partial charge in [0.25, 0.3) is 0 Å². The van der Waals surface area contributed by atoms with Crippen LogP contribution in [0, 0.1) is 6.92 Å². The SMILES string of the molecule is CNCC1COc2ccc(C)cc2N1C. The van der Waals surface area contributed by atoms with Crippen LogP contribution >= 0.6 is 0 Å². The Bertz CT molecular complexity index is 351. The zero-order chi connectivity index (χ0) is 10.8. The second-order valence-corrected chi connectivity index (χ2v) is 4.10. The van der Waals surface area contributed by atoms with Crippen LogP contribution in [0.15, 0.2) is 18.2 Å². The van der Waals surface area contributed by atoms with Gasteiger partial charge in [0.2, 0.25) is 0 Å². The molecule has 1 aliphatic rings. The molecule has 0 saturated heterocycles. The summed E-state index contributed by atoms with van der Waals surface area (Å²) in [5, 5.41) is 3.19. The van der Waals surface area contributed by atoms with Gasteiger partial charge in [0, 0.05) is 13.6 Å². The van der Waals surface area contributed by atoms with Gasteiger partial charge in [-0.25, -0.2) is 0 Å². The van der Waals surface area contributed by atoms with Crippen LogP contribution in [-0.2, 0) is 0 Å². The summed E-state index contributed by atoms with van der Waals surface area (Å²) >= 11 is 0. The van der Waals surface area contributed by atoms with Crippen LogP contribution in [0.1, 0.15) is 5.56 Å². The number of hydrogen-bond donors (Lipinski definition) is 1. The molecule has 0 saturated carbocycles. The lowest BCUT2D eigenvalue weighted by molar-refractivity contribution is 0.264. The van der Waals surface area contributed by atoms with Crippen molar-refractivity contribution in [2.75, 3.05) is 32.1 Å². The Morgan fingerprint density at radius 1 is 1.53 bits per heavy atom. The zero-order valence-electron chi connectivity index (χ0n) is 9.58. The van der Waals surface area contributed by atoms with Gasteiger partial charge in [-0.1, -0.05) is 6.07 Å². The van der Waals surface area contributed by atoms with Crippen molar-refractivity contribution in [1.29, 1.82) is 0 Å². The lowest BCUT2D eigenvalue weighted by Crippen LogP contribution is -2.46. The Kier molecular flexibility index (Phi) is 2.82. The van der Waals surface area contributed by atoms with Crippen LogP contribution in [0.25, 0.3) is 0 Å². The number of hydrogen-bond acceptors (Lipinski definition) is 3. The van der Waals surface area contributed by atoms with Crippen LogP contribution in [0.5, 0.6) is 5.75 Å². The highest BCUT2D eigenvalue weighted by molar-refractivity contribution is 5.61. The first kappa shape index (κ1) is 10.3. The molecule has 3 heteroatoms. The molecule has 1 aliphatic heterocycles. The molecule has 1 heterocycles. The molecule has 15 heavy (non-hydrogen) atoms. The van der Waals surface area contributed by atoms with E-state index in [9.17, 15) is 0 Å². The Morgan fingerprint density at radius 2 is 2.33 bits per heavy atom. The van der Waals surface area contributed by atoms with E-state index < -0.39 is 0 Å². The molecule has 0 aliphatic carbocycles. The van der Waals surface area contributed by atoms with E-state index in [1.807, 2.05) is 7.05 Å². The summed E-state index contributed by atoms with van der Waals surface area (Å²) in [4.78, 5) is 2.29. The maximum atomic E-state index is 5.73. The average molecular weight is 206 g/mol. The molecule has 1 aromatic rings. The van der Waals surface area contributed by atoms with Crippen molar-refractivity contribution in [1.82, 2.24) is 5.32 Å². The molecule has 0 aromatic heterocycles. The monoisotopic (exact) mass is 206 g/mol. The zero-order valence-corrected chi connectivity index (χ0v) is 9.58. The van der Waals surface area contributed by atoms with Gasteiger partial charge in [-0.15, -0.1) is 0 Å². The summed E-state index contributed by atoms with van der Waals surface area (Å²) < 4.78 is 5.73. The predicted molar refractivity (Wildman–Crippen MR) is 62.8 cm³/mol. The quantitative estimate of drug-likeness (QED) is 0.792. The summed E-state index contributed by atoms with van der Waals surface area (Å²) in [7, 11) is 4.10. The van der Waals surface area contributed by atoms with Gasteiger partial charge in [0.15, 0.2) is 0 Å². The highest BCUT2D eigenvalue weighted by atomic mass is 16.5. The fourth-order valence-corrected chi connectivity index (χ4v) is 1.95. The molecule has 0 radical (unpaired) electrons. The van der Waals surface area contributed by atoms with E-state index in [1.54, 1.807) is 0 Å². The van der Waals surface area contributed by atoms with Gasteiger partial charge in [0.1, 0.15) is 12.4 Å². The first-order chi connectivity index (χ1) is 7.22. The number of nitrogens with one attached hydrogen (secondary N) is 1. The molecular formula is C12H18N2O. The van der Waals surface area contributed by atoms with Crippen molar-refractivity contribution in [3.05, 3.63) is 23.8 Å². The molecular weight excluding hydrogens is 188 g/mol. The summed E-state index contributed by atoms with van der Waals surface area (Å²) in [5.41, 5.74) is 2.47. The topological polar surface area (TPSA) is 24.5 Å². The molecule has 82 valence electrons. The molecule has 0 fully saturated rings. The minimum atomic E-state index is 0.421. The molecule has 0 bridgehead atoms. The standard InChI is InChI=1S/C12H18N2O/c1-9-4-5-12-11(6-9)14(3)10(7-13-2)8-15-12/h4-6,10,13H,7-8H2,1-3H3. The van der Waals surface area contributed by atoms with Crippen molar-refractivity contribution in [3.63, 3.8) is 0 Å². The minimum absolute atomic E-state index is 0.421. The third-order valence-electron chi connectivity index (χ3n) is 2.91. The normalized spacial score (nSPS) is 19.7. The van der Waals surface area contributed by atoms with Gasteiger partial charge in [-0.05, 0) is 31.7 Å². The number of nitrogens with zero attached hydrogens (tertiary/aromatic N) is 1. The first-order valence-corrected chi connectivity index (χ1v) is 5.33. The van der Waals surface area contributed by atoms with Gasteiger partial charge < -0.3 is 15.0 Å². The molecule has 1 unspecified atom stereocenters. The lowest BCUT2D eigenvalue weighted by Gasteiger charge is -2.36. The number of benzene rings is 1. The maximum absolute atomic E-state index is 5.73. The Hall–Kier alpha value is -1.22. The fraction of sp³-hybridized carbons (Fsp3) is 0.500. The smallest absolute Gasteiger partial charge is 0.142 e. The van der Waals surface area contributed by atoms with E-state index >= 15 is 0 Å². The van der Waals surface area contributed by atoms with E-state index in [1.165, 1.54) is 11.3 Å². The minimum Gasteiger partial charge on any atom is -0.489 e. The molecule has 0 spiro atoms. The van der Waals surface area contributed by atoms with Crippen molar-refractivity contribution in [3.8, 4) is 5.75 Å². The second kappa shape index (κ2) is 4.11. The molecule has 1 N–H and O–H groups in total. The van der Waals surface area contributed by atoms with Crippen LogP contribution < -0.4 is 15.0 Å². The van der Waals surface area contributed by atoms with Crippen molar-refractivity contribution < 1.29 is 4.74 Å². The third-order valence-corrected chi connectivity index (χ3v) is 2.91. The van der Waals surface area contributed by atoms with E-state index in [4.69, 9.17) is 4.74 Å². The van der Waals surface area contributed by atoms with E-state index in [-0.39, 0.29) is 0 Å². The molecule has 3 nitrogen and oxygen atoms in total. The number of aryl methyl sites for hydroxylation is 1. The van der Waals surface area contributed by atoms with Crippen LogP contribution in [-0.4, -0.2) is 33.3 Å². The highest BCUT2D eigenvalue weighted by Crippen LogP contribution is 2.33. The number of anilines is 1. The Morgan fingerprint density at radius 3 is 3.07 bits per heavy atom. The van der Waals surface area contributed by atoms with E-state index in [2.05, 4.69) is 42.4 Å². The first-order valence-electron chi connectivity index (χ1n) is 5.33. The maximum Gasteiger partial charge on any atom is 0.142 e. The number of likely N-dealkylation sites (N-methyl/N-ethyl adjacent to an activating group) is 2. The van der Waals surface area contributed by atoms with Gasteiger partial charge in [-0.3, -0.25) is 0 Å². The van der Waals surface area contributed by atoms with Gasteiger partial charge >= 0.3 is 0 Å². The number of ether oxygens (including phenoxy) is 1. The fourth-order valence-electron chi connectivity index (χ4n) is 1.95. The lowest BCUT2D eigenvalue weighted by atomic mass is 10.1. The molecule has 0 amide bonds. The predicted octanol–water partition coefficient (Wildman–Crippen LogP) is 1.41. The summed E-state index contributed by atoms with van der Waals surface area (Å²) in [6.07, 6.45) is 0.